The van der Waals surface area contributed by atoms with E-state index in [0.717, 1.165) is 0 Å². The van der Waals surface area contributed by atoms with Gasteiger partial charge in [0.25, 0.3) is 0 Å². The van der Waals surface area contributed by atoms with Crippen LogP contribution in [0.5, 0.6) is 11.5 Å². The first-order valence-electron chi connectivity index (χ1n) is 10.3. The molecule has 2 saturated heterocycles. The van der Waals surface area contributed by atoms with Crippen molar-refractivity contribution >= 4 is 24.5 Å². The highest BCUT2D eigenvalue weighted by Crippen LogP contribution is 2.39. The second-order valence-corrected chi connectivity index (χ2v) is 8.32. The summed E-state index contributed by atoms with van der Waals surface area (Å²) >= 11 is 0. The standard InChI is InChI=1S/C19H25BN3O8/c1-10(24)22-12-6-14(21-7-12)18(25)23-8-13(9-23)30-15-3-2-11-4-5-20(28,29)31-17(11)16(15)19(26)27/h2-3,12-14,21,28-29H,4-9H2,1H3,(H,22,24)(H,26,27)/q-1/t12-,14-/m0/s1. The van der Waals surface area contributed by atoms with Gasteiger partial charge in [-0.2, -0.15) is 0 Å². The van der Waals surface area contributed by atoms with Crippen molar-refractivity contribution in [2.45, 2.75) is 44.3 Å². The molecule has 5 N–H and O–H groups in total. The van der Waals surface area contributed by atoms with Gasteiger partial charge < -0.3 is 40.1 Å². The van der Waals surface area contributed by atoms with E-state index in [1.165, 1.54) is 13.0 Å². The Hall–Kier alpha value is -2.83. The maximum absolute atomic E-state index is 12.6. The van der Waals surface area contributed by atoms with Crippen LogP contribution < -0.4 is 20.0 Å². The van der Waals surface area contributed by atoms with E-state index in [0.29, 0.717) is 31.6 Å². The zero-order chi connectivity index (χ0) is 22.3. The molecule has 3 aliphatic rings. The predicted octanol–water partition coefficient (Wildman–Crippen LogP) is -1.30. The van der Waals surface area contributed by atoms with Crippen molar-refractivity contribution in [2.24, 2.45) is 0 Å². The number of likely N-dealkylation sites (tertiary alicyclic amines) is 1. The molecule has 2 amide bonds. The molecule has 2 fully saturated rings. The Bertz CT molecular complexity index is 918. The average Bonchev–Trinajstić information content (AvgIpc) is 3.10. The van der Waals surface area contributed by atoms with Crippen LogP contribution in [0.25, 0.3) is 0 Å². The number of aromatic carboxylic acids is 1. The van der Waals surface area contributed by atoms with E-state index in [2.05, 4.69) is 10.6 Å². The number of carboxylic acid groups (broad SMARTS) is 1. The number of hydrogen-bond acceptors (Lipinski definition) is 8. The maximum atomic E-state index is 12.6. The fourth-order valence-corrected chi connectivity index (χ4v) is 4.24. The molecule has 2 atom stereocenters. The third-order valence-electron chi connectivity index (χ3n) is 5.80. The Morgan fingerprint density at radius 2 is 2.03 bits per heavy atom. The van der Waals surface area contributed by atoms with Gasteiger partial charge in [0.1, 0.15) is 17.4 Å². The Labute approximate surface area is 178 Å². The molecule has 0 aliphatic carbocycles. The number of carbonyl (C=O) groups excluding carboxylic acids is 2. The van der Waals surface area contributed by atoms with Crippen LogP contribution >= 0.6 is 0 Å². The number of carboxylic acids is 1. The van der Waals surface area contributed by atoms with E-state index in [9.17, 15) is 29.5 Å². The van der Waals surface area contributed by atoms with Crippen molar-refractivity contribution in [3.63, 3.8) is 0 Å². The second-order valence-electron chi connectivity index (χ2n) is 8.32. The number of fused-ring (bicyclic) bond motifs is 1. The highest BCUT2D eigenvalue weighted by Gasteiger charge is 2.40. The number of aryl methyl sites for hydroxylation is 1. The molecule has 1 aromatic carbocycles. The summed E-state index contributed by atoms with van der Waals surface area (Å²) in [5.41, 5.74) is 0.309. The van der Waals surface area contributed by atoms with Crippen LogP contribution in [-0.4, -0.2) is 82.4 Å². The molecule has 0 aromatic heterocycles. The second kappa shape index (κ2) is 8.02. The largest absolute Gasteiger partial charge is 0.669 e. The lowest BCUT2D eigenvalue weighted by Gasteiger charge is -2.41. The van der Waals surface area contributed by atoms with Crippen LogP contribution in [-0.2, 0) is 16.0 Å². The molecule has 168 valence electrons. The van der Waals surface area contributed by atoms with E-state index in [4.69, 9.17) is 9.39 Å². The Kier molecular flexibility index (Phi) is 5.54. The highest BCUT2D eigenvalue weighted by atomic mass is 16.6. The number of benzene rings is 1. The van der Waals surface area contributed by atoms with Crippen molar-refractivity contribution in [1.82, 2.24) is 15.5 Å². The minimum atomic E-state index is -3.11. The Morgan fingerprint density at radius 3 is 2.71 bits per heavy atom. The van der Waals surface area contributed by atoms with Crippen molar-refractivity contribution in [3.05, 3.63) is 23.3 Å². The molecule has 3 heterocycles. The smallest absolute Gasteiger partial charge is 0.430 e. The lowest BCUT2D eigenvalue weighted by molar-refractivity contribution is -0.142. The third-order valence-corrected chi connectivity index (χ3v) is 5.80. The molecule has 0 unspecified atom stereocenters. The molecule has 31 heavy (non-hydrogen) atoms. The lowest BCUT2D eigenvalue weighted by Crippen LogP contribution is -2.59. The average molecular weight is 434 g/mol. The fourth-order valence-electron chi connectivity index (χ4n) is 4.24. The van der Waals surface area contributed by atoms with Gasteiger partial charge in [0.15, 0.2) is 0 Å². The van der Waals surface area contributed by atoms with E-state index in [-0.39, 0.29) is 53.7 Å². The molecule has 0 bridgehead atoms. The summed E-state index contributed by atoms with van der Waals surface area (Å²) in [4.78, 5) is 37.2. The van der Waals surface area contributed by atoms with Crippen molar-refractivity contribution in [2.75, 3.05) is 19.6 Å². The summed E-state index contributed by atoms with van der Waals surface area (Å²) in [5.74, 6) is -1.56. The van der Waals surface area contributed by atoms with Gasteiger partial charge >= 0.3 is 12.7 Å². The quantitative estimate of drug-likeness (QED) is 0.355. The van der Waals surface area contributed by atoms with Gasteiger partial charge in [-0.3, -0.25) is 9.59 Å². The van der Waals surface area contributed by atoms with Gasteiger partial charge in [0.05, 0.1) is 24.9 Å². The molecule has 0 radical (unpaired) electrons. The monoisotopic (exact) mass is 434 g/mol. The minimum Gasteiger partial charge on any atom is -0.669 e. The van der Waals surface area contributed by atoms with E-state index >= 15 is 0 Å². The van der Waals surface area contributed by atoms with Crippen molar-refractivity contribution in [1.29, 1.82) is 0 Å². The van der Waals surface area contributed by atoms with Crippen molar-refractivity contribution < 1.29 is 38.9 Å². The van der Waals surface area contributed by atoms with Crippen LogP contribution in [0.2, 0.25) is 6.32 Å². The van der Waals surface area contributed by atoms with Gasteiger partial charge in [-0.05, 0) is 24.5 Å². The van der Waals surface area contributed by atoms with Gasteiger partial charge in [0, 0.05) is 19.5 Å². The Balaban J connectivity index is 1.38. The summed E-state index contributed by atoms with van der Waals surface area (Å²) in [5, 5.41) is 35.2. The zero-order valence-corrected chi connectivity index (χ0v) is 17.0. The number of rotatable bonds is 5. The minimum absolute atomic E-state index is 0.00997. The predicted molar refractivity (Wildman–Crippen MR) is 108 cm³/mol. The molecular formula is C19H25BN3O8-. The normalized spacial score (nSPS) is 24.5. The van der Waals surface area contributed by atoms with E-state index in [1.807, 2.05) is 0 Å². The molecular weight excluding hydrogens is 409 g/mol. The van der Waals surface area contributed by atoms with Gasteiger partial charge in [-0.1, -0.05) is 12.4 Å². The summed E-state index contributed by atoms with van der Waals surface area (Å²) in [7, 11) is 0. The molecule has 3 aliphatic heterocycles. The number of nitrogens with one attached hydrogen (secondary N) is 2. The SMILES string of the molecule is CC(=O)N[C@@H]1CN[C@H](C(=O)N2CC(Oc3ccc4c(c3C(=O)O)O[B-](O)(O)CC4)C2)C1. The molecule has 0 saturated carbocycles. The summed E-state index contributed by atoms with van der Waals surface area (Å²) in [6.07, 6.45) is 0.388. The molecule has 12 heteroatoms. The van der Waals surface area contributed by atoms with E-state index in [1.54, 1.807) is 11.0 Å². The first-order chi connectivity index (χ1) is 14.6. The first-order valence-corrected chi connectivity index (χ1v) is 10.3. The molecule has 1 aromatic rings. The Morgan fingerprint density at radius 1 is 1.29 bits per heavy atom. The molecule has 11 nitrogen and oxygen atoms in total. The highest BCUT2D eigenvalue weighted by molar-refractivity contribution is 6.59. The number of nitrogens with zero attached hydrogens (tertiary/aromatic N) is 1. The summed E-state index contributed by atoms with van der Waals surface area (Å²) in [6, 6.07) is 2.71. The first kappa shape index (κ1) is 21.4. The van der Waals surface area contributed by atoms with Gasteiger partial charge in [-0.25, -0.2) is 4.79 Å². The van der Waals surface area contributed by atoms with Crippen LogP contribution in [0.15, 0.2) is 12.1 Å². The summed E-state index contributed by atoms with van der Waals surface area (Å²) in [6.45, 7) is -0.549. The molecule has 0 spiro atoms. The van der Waals surface area contributed by atoms with Crippen LogP contribution in [0, 0.1) is 0 Å². The topological polar surface area (TPSA) is 158 Å². The number of carbonyl (C=O) groups is 3. The zero-order valence-electron chi connectivity index (χ0n) is 17.0. The van der Waals surface area contributed by atoms with Gasteiger partial charge in [0.2, 0.25) is 11.8 Å². The molecule has 4 rings (SSSR count). The maximum Gasteiger partial charge on any atom is 0.430 e. The summed E-state index contributed by atoms with van der Waals surface area (Å²) < 4.78 is 11.0. The number of ether oxygens (including phenoxy) is 1. The third kappa shape index (κ3) is 4.46. The van der Waals surface area contributed by atoms with Gasteiger partial charge in [-0.15, -0.1) is 0 Å². The van der Waals surface area contributed by atoms with E-state index < -0.39 is 18.8 Å². The number of amides is 2. The number of hydrogen-bond donors (Lipinski definition) is 5. The van der Waals surface area contributed by atoms with Crippen LogP contribution in [0.1, 0.15) is 29.3 Å². The van der Waals surface area contributed by atoms with Crippen molar-refractivity contribution in [3.8, 4) is 11.5 Å². The van der Waals surface area contributed by atoms with Crippen LogP contribution in [0.3, 0.4) is 0 Å². The fraction of sp³-hybridized carbons (Fsp3) is 0.526. The lowest BCUT2D eigenvalue weighted by atomic mass is 9.70. The van der Waals surface area contributed by atoms with Crippen LogP contribution in [0.4, 0.5) is 0 Å².